The molecular formula is C60H82F3N11O7. The number of halogens is 3. The summed E-state index contributed by atoms with van der Waals surface area (Å²) in [7, 11) is 1.58. The first-order valence-corrected chi connectivity index (χ1v) is 29.9. The Bertz CT molecular complexity index is 2930. The number of methoxy groups -OCH3 is 1. The summed E-state index contributed by atoms with van der Waals surface area (Å²) in [5.74, 6) is -0.613. The molecular weight excluding hydrogens is 1040 g/mol. The second-order valence-electron chi connectivity index (χ2n) is 26.0. The first-order valence-electron chi connectivity index (χ1n) is 29.9. The first kappa shape index (κ1) is 56.3. The average molecular weight is 1130 g/mol. The quantitative estimate of drug-likeness (QED) is 0.160. The van der Waals surface area contributed by atoms with Gasteiger partial charge >= 0.3 is 12.1 Å². The highest BCUT2D eigenvalue weighted by molar-refractivity contribution is 5.95. The number of esters is 1. The lowest BCUT2D eigenvalue weighted by molar-refractivity contribution is -0.197. The van der Waals surface area contributed by atoms with Crippen LogP contribution in [-0.2, 0) is 46.4 Å². The van der Waals surface area contributed by atoms with Gasteiger partial charge in [-0.2, -0.15) is 13.2 Å². The standard InChI is InChI=1S/C60H82F3N11O7/c1-36(2)52(71-23-24-81-59(31-71)32-72(33-59)56(77)51-50(66-51)38-11-12-38)54(75)65-47-30-68-17-7-9-40(29-68)39-13-16-48-43(25-39)45(27-58(4,5)35-80-57(78)46-10-8-18-74(67-46)55(47)76)53(73(48)34-60(61,62)63)44-26-42(28-64-49(44)37(3)79-6)70-21-19-69(20-22-70)41-14-15-41/h9,13,16,25-26,28,36-38,41,46-47,50-52,66-67H,7-8,10-12,14-15,17-24,27,29-35H2,1-6H3,(H,65,75)/t37-,46-,47-,50+,51+,52-/m0/s1. The van der Waals surface area contributed by atoms with Crippen LogP contribution in [0.5, 0.6) is 0 Å². The third-order valence-electron chi connectivity index (χ3n) is 18.7. The molecule has 440 valence electrons. The van der Waals surface area contributed by atoms with Gasteiger partial charge < -0.3 is 33.9 Å². The molecule has 12 rings (SSSR count). The largest absolute Gasteiger partial charge is 0.464 e. The van der Waals surface area contributed by atoms with E-state index in [-0.39, 0.29) is 55.3 Å². The number of anilines is 1. The molecule has 5 saturated heterocycles. The van der Waals surface area contributed by atoms with Crippen LogP contribution in [0.2, 0.25) is 0 Å². The maximum atomic E-state index is 15.2. The summed E-state index contributed by atoms with van der Waals surface area (Å²) in [4.78, 5) is 73.6. The molecule has 7 atom stereocenters. The molecule has 2 aliphatic carbocycles. The molecule has 2 aromatic heterocycles. The highest BCUT2D eigenvalue weighted by atomic mass is 19.4. The number of alkyl halides is 3. The van der Waals surface area contributed by atoms with Crippen molar-refractivity contribution in [3.8, 4) is 11.3 Å². The molecule has 6 bridgehead atoms. The number of aromatic nitrogens is 2. The van der Waals surface area contributed by atoms with Crippen molar-refractivity contribution < 1.29 is 46.6 Å². The number of carbonyl (C=O) groups is 4. The lowest BCUT2D eigenvalue weighted by Crippen LogP contribution is -2.73. The maximum Gasteiger partial charge on any atom is 0.406 e. The number of rotatable bonds is 12. The Morgan fingerprint density at radius 2 is 1.74 bits per heavy atom. The van der Waals surface area contributed by atoms with Crippen molar-refractivity contribution >= 4 is 45.9 Å². The van der Waals surface area contributed by atoms with Gasteiger partial charge in [0.2, 0.25) is 11.8 Å². The number of amides is 3. The average Bonchev–Trinajstić information content (AvgIpc) is 3.28. The number of benzene rings is 1. The summed E-state index contributed by atoms with van der Waals surface area (Å²) >= 11 is 0. The molecule has 7 aliphatic heterocycles. The molecule has 81 heavy (non-hydrogen) atoms. The van der Waals surface area contributed by atoms with E-state index < -0.39 is 53.9 Å². The molecule has 3 amide bonds. The number of fused-ring (bicyclic) bond motifs is 6. The van der Waals surface area contributed by atoms with Gasteiger partial charge in [-0.25, -0.2) is 5.43 Å². The summed E-state index contributed by atoms with van der Waals surface area (Å²) in [6.07, 6.45) is 5.42. The Balaban J connectivity index is 0.869. The van der Waals surface area contributed by atoms with Crippen molar-refractivity contribution in [3.05, 3.63) is 53.4 Å². The number of morpholine rings is 1. The summed E-state index contributed by atoms with van der Waals surface area (Å²) < 4.78 is 65.5. The third-order valence-corrected chi connectivity index (χ3v) is 18.7. The fourth-order valence-electron chi connectivity index (χ4n) is 14.0. The molecule has 1 aromatic carbocycles. The van der Waals surface area contributed by atoms with Gasteiger partial charge in [-0.1, -0.05) is 39.8 Å². The summed E-state index contributed by atoms with van der Waals surface area (Å²) in [5.41, 5.74) is 7.05. The fraction of sp³-hybridized carbons (Fsp3) is 0.683. The minimum Gasteiger partial charge on any atom is -0.464 e. The summed E-state index contributed by atoms with van der Waals surface area (Å²) in [6, 6.07) is 6.02. The number of hydrazine groups is 1. The van der Waals surface area contributed by atoms with Crippen molar-refractivity contribution in [3.63, 3.8) is 0 Å². The highest BCUT2D eigenvalue weighted by Gasteiger charge is 2.57. The number of carbonyl (C=O) groups excluding carboxylic acids is 4. The third kappa shape index (κ3) is 11.9. The normalized spacial score (nSPS) is 28.3. The van der Waals surface area contributed by atoms with Crippen molar-refractivity contribution in [1.82, 2.24) is 50.2 Å². The molecule has 3 N–H and O–H groups in total. The molecule has 1 unspecified atom stereocenters. The molecule has 21 heteroatoms. The van der Waals surface area contributed by atoms with Gasteiger partial charge in [0.25, 0.3) is 5.91 Å². The Kier molecular flexibility index (Phi) is 15.4. The number of likely N-dealkylation sites (tertiary alicyclic amines) is 1. The van der Waals surface area contributed by atoms with Crippen molar-refractivity contribution in [1.29, 1.82) is 0 Å². The Hall–Kier alpha value is -5.16. The Labute approximate surface area is 473 Å². The second-order valence-corrected chi connectivity index (χ2v) is 26.0. The van der Waals surface area contributed by atoms with E-state index in [9.17, 15) is 14.4 Å². The summed E-state index contributed by atoms with van der Waals surface area (Å²) in [5, 5.41) is 8.73. The van der Waals surface area contributed by atoms with Gasteiger partial charge in [0.05, 0.1) is 61.7 Å². The molecule has 2 saturated carbocycles. The van der Waals surface area contributed by atoms with Crippen LogP contribution in [0.25, 0.3) is 27.7 Å². The van der Waals surface area contributed by atoms with Crippen LogP contribution in [0.4, 0.5) is 18.9 Å². The number of nitrogens with zero attached hydrogens (tertiary/aromatic N) is 8. The van der Waals surface area contributed by atoms with E-state index >= 15 is 18.0 Å². The van der Waals surface area contributed by atoms with E-state index in [0.717, 1.165) is 43.0 Å². The second kappa shape index (κ2) is 22.1. The zero-order chi connectivity index (χ0) is 56.7. The van der Waals surface area contributed by atoms with Crippen LogP contribution in [0, 0.1) is 17.3 Å². The van der Waals surface area contributed by atoms with Gasteiger partial charge in [0, 0.05) is 107 Å². The van der Waals surface area contributed by atoms with Crippen LogP contribution < -0.4 is 21.0 Å². The lowest BCUT2D eigenvalue weighted by Gasteiger charge is -2.55. The number of hydrogen-bond acceptors (Lipinski definition) is 14. The van der Waals surface area contributed by atoms with Crippen LogP contribution >= 0.6 is 0 Å². The van der Waals surface area contributed by atoms with Crippen molar-refractivity contribution in [2.45, 2.75) is 147 Å². The van der Waals surface area contributed by atoms with Gasteiger partial charge in [-0.05, 0) is 105 Å². The van der Waals surface area contributed by atoms with E-state index in [0.29, 0.717) is 117 Å². The van der Waals surface area contributed by atoms with E-state index in [2.05, 4.69) is 41.7 Å². The van der Waals surface area contributed by atoms with E-state index in [1.807, 2.05) is 63.9 Å². The van der Waals surface area contributed by atoms with E-state index in [1.165, 1.54) is 35.3 Å². The maximum absolute atomic E-state index is 15.2. The molecule has 7 fully saturated rings. The van der Waals surface area contributed by atoms with Gasteiger partial charge in [0.1, 0.15) is 30.3 Å². The van der Waals surface area contributed by atoms with E-state index in [4.69, 9.17) is 19.2 Å². The van der Waals surface area contributed by atoms with Crippen LogP contribution in [0.3, 0.4) is 0 Å². The lowest BCUT2D eigenvalue weighted by atomic mass is 9.84. The minimum atomic E-state index is -4.59. The minimum absolute atomic E-state index is 0.0565. The molecule has 18 nitrogen and oxygen atoms in total. The first-order chi connectivity index (χ1) is 38.7. The van der Waals surface area contributed by atoms with Crippen LogP contribution in [-0.4, -0.2) is 205 Å². The van der Waals surface area contributed by atoms with Gasteiger partial charge in [-0.15, -0.1) is 0 Å². The number of cyclic esters (lactones) is 1. The topological polar surface area (TPSA) is 179 Å². The highest BCUT2D eigenvalue weighted by Crippen LogP contribution is 2.45. The monoisotopic (exact) mass is 1130 g/mol. The number of hydrogen-bond donors (Lipinski definition) is 3. The number of piperazine rings is 1. The van der Waals surface area contributed by atoms with Crippen LogP contribution in [0.15, 0.2) is 36.5 Å². The molecule has 0 radical (unpaired) electrons. The molecule has 3 aromatic rings. The van der Waals surface area contributed by atoms with Gasteiger partial charge in [-0.3, -0.25) is 49.2 Å². The number of ether oxygens (including phenoxy) is 3. The SMILES string of the molecule is CO[C@@H](C)c1ncc(N2CCN(C3CC3)CC2)cc1-c1c2c3cc(ccc3n1CC(F)(F)F)C1=CCCN(C1)C[C@H](NC(=O)[C@H](C(C)C)N1CCOC3(CN(C(=O)[C@@H]4N[C@@H]4C4CC4)C3)C1)C(=O)N1CCC[C@H](N1)C(=O)OCC(C)(C)C2. The Morgan fingerprint density at radius 1 is 0.963 bits per heavy atom. The zero-order valence-corrected chi connectivity index (χ0v) is 48.0. The van der Waals surface area contributed by atoms with Crippen molar-refractivity contribution in [2.24, 2.45) is 17.3 Å². The predicted molar refractivity (Wildman–Crippen MR) is 300 cm³/mol. The Morgan fingerprint density at radius 3 is 2.46 bits per heavy atom. The molecule has 9 aliphatic rings. The molecule has 1 spiro atoms. The zero-order valence-electron chi connectivity index (χ0n) is 48.0. The van der Waals surface area contributed by atoms with Gasteiger partial charge in [0.15, 0.2) is 0 Å². The summed E-state index contributed by atoms with van der Waals surface area (Å²) in [6.45, 7) is 15.6. The van der Waals surface area contributed by atoms with Crippen molar-refractivity contribution in [2.75, 3.05) is 104 Å². The molecule has 9 heterocycles. The van der Waals surface area contributed by atoms with Crippen LogP contribution in [0.1, 0.15) is 102 Å². The predicted octanol–water partition coefficient (Wildman–Crippen LogP) is 5.14. The number of pyridine rings is 1. The van der Waals surface area contributed by atoms with E-state index in [1.54, 1.807) is 13.2 Å². The fourth-order valence-corrected chi connectivity index (χ4v) is 14.0. The number of nitrogens with one attached hydrogen (secondary N) is 3. The smallest absolute Gasteiger partial charge is 0.406 e.